The van der Waals surface area contributed by atoms with Crippen molar-refractivity contribution < 1.29 is 4.52 Å². The molecule has 0 radical (unpaired) electrons. The Morgan fingerprint density at radius 1 is 1.14 bits per heavy atom. The summed E-state index contributed by atoms with van der Waals surface area (Å²) < 4.78 is 5.34. The normalized spacial score (nSPS) is 16.5. The van der Waals surface area contributed by atoms with Crippen molar-refractivity contribution in [3.8, 4) is 0 Å². The van der Waals surface area contributed by atoms with Crippen molar-refractivity contribution in [2.24, 2.45) is 0 Å². The van der Waals surface area contributed by atoms with Crippen LogP contribution < -0.4 is 4.90 Å². The van der Waals surface area contributed by atoms with Crippen LogP contribution in [-0.4, -0.2) is 41.2 Å². The van der Waals surface area contributed by atoms with E-state index in [1.165, 1.54) is 11.3 Å². The van der Waals surface area contributed by atoms with E-state index >= 15 is 0 Å². The highest BCUT2D eigenvalue weighted by atomic mass is 16.5. The lowest BCUT2D eigenvalue weighted by molar-refractivity contribution is 0.215. The fourth-order valence-corrected chi connectivity index (χ4v) is 2.82. The fourth-order valence-electron chi connectivity index (χ4n) is 2.82. The third kappa shape index (κ3) is 3.30. The minimum Gasteiger partial charge on any atom is -0.369 e. The van der Waals surface area contributed by atoms with E-state index in [-0.39, 0.29) is 0 Å². The second kappa shape index (κ2) is 6.48. The molecule has 1 aromatic carbocycles. The monoisotopic (exact) mass is 300 g/mol. The Labute approximate surface area is 131 Å². The van der Waals surface area contributed by atoms with E-state index in [1.807, 2.05) is 0 Å². The van der Waals surface area contributed by atoms with Crippen LogP contribution in [0.2, 0.25) is 0 Å². The van der Waals surface area contributed by atoms with Crippen molar-refractivity contribution in [3.63, 3.8) is 0 Å². The summed E-state index contributed by atoms with van der Waals surface area (Å²) in [7, 11) is 0. The zero-order valence-corrected chi connectivity index (χ0v) is 13.6. The van der Waals surface area contributed by atoms with Gasteiger partial charge in [-0.2, -0.15) is 4.98 Å². The lowest BCUT2D eigenvalue weighted by Gasteiger charge is -2.36. The van der Waals surface area contributed by atoms with Gasteiger partial charge in [0.25, 0.3) is 0 Å². The van der Waals surface area contributed by atoms with E-state index in [1.54, 1.807) is 0 Å². The summed E-state index contributed by atoms with van der Waals surface area (Å²) in [6.07, 6.45) is 0. The van der Waals surface area contributed by atoms with E-state index in [0.717, 1.165) is 44.4 Å². The number of aromatic nitrogens is 2. The van der Waals surface area contributed by atoms with E-state index in [9.17, 15) is 0 Å². The molecule has 1 saturated heterocycles. The Kier molecular flexibility index (Phi) is 4.43. The molecule has 0 saturated carbocycles. The molecule has 0 spiro atoms. The smallest absolute Gasteiger partial charge is 0.240 e. The van der Waals surface area contributed by atoms with E-state index < -0.39 is 0 Å². The predicted octanol–water partition coefficient (Wildman–Crippen LogP) is 2.82. The molecular formula is C17H24N4O. The van der Waals surface area contributed by atoms with Gasteiger partial charge in [-0.25, -0.2) is 0 Å². The lowest BCUT2D eigenvalue weighted by Crippen LogP contribution is -2.46. The average molecular weight is 300 g/mol. The standard InChI is InChI=1S/C17H24N4O/c1-13(2)17-18-16(22-19-17)12-20-8-10-21(11-9-20)15-7-5-4-6-14(15)3/h4-7,13H,8-12H2,1-3H3. The molecular weight excluding hydrogens is 276 g/mol. The molecule has 1 aromatic heterocycles. The van der Waals surface area contributed by atoms with Crippen molar-refractivity contribution in [2.75, 3.05) is 31.1 Å². The molecule has 0 amide bonds. The van der Waals surface area contributed by atoms with Crippen LogP contribution in [0.4, 0.5) is 5.69 Å². The fraction of sp³-hybridized carbons (Fsp3) is 0.529. The van der Waals surface area contributed by atoms with E-state index in [2.05, 4.69) is 65.0 Å². The minimum atomic E-state index is 0.315. The Morgan fingerprint density at radius 2 is 1.86 bits per heavy atom. The maximum atomic E-state index is 5.34. The van der Waals surface area contributed by atoms with Crippen LogP contribution in [0.15, 0.2) is 28.8 Å². The zero-order valence-electron chi connectivity index (χ0n) is 13.6. The summed E-state index contributed by atoms with van der Waals surface area (Å²) >= 11 is 0. The molecule has 5 heteroatoms. The van der Waals surface area contributed by atoms with Crippen LogP contribution >= 0.6 is 0 Å². The summed E-state index contributed by atoms with van der Waals surface area (Å²) in [6, 6.07) is 8.59. The van der Waals surface area contributed by atoms with Gasteiger partial charge < -0.3 is 9.42 Å². The molecule has 3 rings (SSSR count). The number of nitrogens with zero attached hydrogens (tertiary/aromatic N) is 4. The van der Waals surface area contributed by atoms with Gasteiger partial charge in [-0.15, -0.1) is 0 Å². The second-order valence-electron chi connectivity index (χ2n) is 6.25. The summed E-state index contributed by atoms with van der Waals surface area (Å²) in [6.45, 7) is 11.2. The van der Waals surface area contributed by atoms with Gasteiger partial charge in [0.2, 0.25) is 5.89 Å². The number of hydrogen-bond acceptors (Lipinski definition) is 5. The summed E-state index contributed by atoms with van der Waals surface area (Å²) in [5.74, 6) is 1.84. The number of rotatable bonds is 4. The molecule has 1 aliphatic rings. The summed E-state index contributed by atoms with van der Waals surface area (Å²) in [5, 5.41) is 4.03. The van der Waals surface area contributed by atoms with Gasteiger partial charge >= 0.3 is 0 Å². The topological polar surface area (TPSA) is 45.4 Å². The van der Waals surface area contributed by atoms with E-state index in [4.69, 9.17) is 4.52 Å². The Balaban J connectivity index is 1.56. The quantitative estimate of drug-likeness (QED) is 0.869. The number of hydrogen-bond donors (Lipinski definition) is 0. The number of benzene rings is 1. The van der Waals surface area contributed by atoms with Gasteiger partial charge in [-0.3, -0.25) is 4.90 Å². The predicted molar refractivity (Wildman–Crippen MR) is 87.1 cm³/mol. The highest BCUT2D eigenvalue weighted by Gasteiger charge is 2.20. The molecule has 0 N–H and O–H groups in total. The molecule has 118 valence electrons. The zero-order chi connectivity index (χ0) is 15.5. The van der Waals surface area contributed by atoms with Gasteiger partial charge in [-0.05, 0) is 18.6 Å². The van der Waals surface area contributed by atoms with Crippen molar-refractivity contribution >= 4 is 5.69 Å². The maximum absolute atomic E-state index is 5.34. The second-order valence-corrected chi connectivity index (χ2v) is 6.25. The maximum Gasteiger partial charge on any atom is 0.240 e. The largest absolute Gasteiger partial charge is 0.369 e. The molecule has 5 nitrogen and oxygen atoms in total. The molecule has 0 bridgehead atoms. The van der Waals surface area contributed by atoms with Gasteiger partial charge in [0.05, 0.1) is 6.54 Å². The average Bonchev–Trinajstić information content (AvgIpc) is 2.98. The number of aryl methyl sites for hydroxylation is 1. The first-order valence-electron chi connectivity index (χ1n) is 7.99. The Hall–Kier alpha value is -1.88. The van der Waals surface area contributed by atoms with Crippen LogP contribution in [0.1, 0.15) is 37.0 Å². The first kappa shape index (κ1) is 15.0. The van der Waals surface area contributed by atoms with Crippen molar-refractivity contribution in [1.82, 2.24) is 15.0 Å². The highest BCUT2D eigenvalue weighted by molar-refractivity contribution is 5.53. The molecule has 2 aromatic rings. The Bertz CT molecular complexity index is 615. The highest BCUT2D eigenvalue weighted by Crippen LogP contribution is 2.21. The van der Waals surface area contributed by atoms with Crippen molar-refractivity contribution in [3.05, 3.63) is 41.5 Å². The van der Waals surface area contributed by atoms with Gasteiger partial charge in [0.15, 0.2) is 5.82 Å². The van der Waals surface area contributed by atoms with Gasteiger partial charge in [0, 0.05) is 37.8 Å². The van der Waals surface area contributed by atoms with Crippen molar-refractivity contribution in [2.45, 2.75) is 33.2 Å². The first-order valence-corrected chi connectivity index (χ1v) is 7.99. The molecule has 0 aliphatic carbocycles. The van der Waals surface area contributed by atoms with Crippen LogP contribution in [0.3, 0.4) is 0 Å². The molecule has 1 aliphatic heterocycles. The van der Waals surface area contributed by atoms with Crippen LogP contribution in [0.25, 0.3) is 0 Å². The van der Waals surface area contributed by atoms with Crippen LogP contribution in [0, 0.1) is 6.92 Å². The molecule has 22 heavy (non-hydrogen) atoms. The molecule has 0 unspecified atom stereocenters. The minimum absolute atomic E-state index is 0.315. The Morgan fingerprint density at radius 3 is 2.50 bits per heavy atom. The number of piperazine rings is 1. The molecule has 0 atom stereocenters. The third-order valence-corrected chi connectivity index (χ3v) is 4.19. The summed E-state index contributed by atoms with van der Waals surface area (Å²) in [4.78, 5) is 9.30. The molecule has 2 heterocycles. The number of anilines is 1. The third-order valence-electron chi connectivity index (χ3n) is 4.19. The lowest BCUT2D eigenvalue weighted by atomic mass is 10.1. The summed E-state index contributed by atoms with van der Waals surface area (Å²) in [5.41, 5.74) is 2.69. The van der Waals surface area contributed by atoms with Crippen LogP contribution in [-0.2, 0) is 6.54 Å². The molecule has 1 fully saturated rings. The SMILES string of the molecule is Cc1ccccc1N1CCN(Cc2nc(C(C)C)no2)CC1. The van der Waals surface area contributed by atoms with Gasteiger partial charge in [0.1, 0.15) is 0 Å². The number of para-hydroxylation sites is 1. The van der Waals surface area contributed by atoms with Crippen LogP contribution in [0.5, 0.6) is 0 Å². The van der Waals surface area contributed by atoms with Gasteiger partial charge in [-0.1, -0.05) is 37.2 Å². The van der Waals surface area contributed by atoms with E-state index in [0.29, 0.717) is 5.92 Å². The first-order chi connectivity index (χ1) is 10.6. The van der Waals surface area contributed by atoms with Crippen molar-refractivity contribution in [1.29, 1.82) is 0 Å².